The lowest BCUT2D eigenvalue weighted by atomic mass is 10.1. The van der Waals surface area contributed by atoms with Crippen LogP contribution in [-0.2, 0) is 6.42 Å². The molecule has 0 saturated carbocycles. The number of nitrogens with one attached hydrogen (secondary N) is 1. The van der Waals surface area contributed by atoms with Gasteiger partial charge < -0.3 is 5.32 Å². The molecule has 0 fully saturated rings. The van der Waals surface area contributed by atoms with Crippen LogP contribution in [-0.4, -0.2) is 24.1 Å². The second-order valence-corrected chi connectivity index (χ2v) is 5.17. The normalized spacial score (nSPS) is 12.7. The molecule has 17 heavy (non-hydrogen) atoms. The predicted octanol–water partition coefficient (Wildman–Crippen LogP) is 3.24. The quantitative estimate of drug-likeness (QED) is 0.807. The lowest BCUT2D eigenvalue weighted by Crippen LogP contribution is -2.33. The van der Waals surface area contributed by atoms with Crippen molar-refractivity contribution in [2.24, 2.45) is 0 Å². The molecular weight excluding hydrogens is 240 g/mol. The third-order valence-electron chi connectivity index (χ3n) is 2.49. The van der Waals surface area contributed by atoms with Crippen LogP contribution in [0.2, 0.25) is 0 Å². The van der Waals surface area contributed by atoms with Crippen LogP contribution in [0.15, 0.2) is 18.2 Å². The Kier molecular flexibility index (Phi) is 6.52. The summed E-state index contributed by atoms with van der Waals surface area (Å²) in [6, 6.07) is 3.83. The molecule has 1 rings (SSSR count). The Bertz CT molecular complexity index is 344. The highest BCUT2D eigenvalue weighted by atomic mass is 32.2. The Morgan fingerprint density at radius 3 is 2.71 bits per heavy atom. The van der Waals surface area contributed by atoms with Crippen LogP contribution in [0.3, 0.4) is 0 Å². The lowest BCUT2D eigenvalue weighted by molar-refractivity contribution is 0.537. The second kappa shape index (κ2) is 7.67. The fourth-order valence-electron chi connectivity index (χ4n) is 1.70. The average molecular weight is 259 g/mol. The number of halogens is 2. The van der Waals surface area contributed by atoms with Crippen molar-refractivity contribution in [2.75, 3.05) is 18.1 Å². The van der Waals surface area contributed by atoms with Crippen molar-refractivity contribution >= 4 is 11.8 Å². The van der Waals surface area contributed by atoms with Crippen molar-refractivity contribution in [3.63, 3.8) is 0 Å². The van der Waals surface area contributed by atoms with E-state index in [0.717, 1.165) is 24.1 Å². The molecule has 0 heterocycles. The fraction of sp³-hybridized carbons (Fsp3) is 0.538. The third-order valence-corrected chi connectivity index (χ3v) is 3.54. The zero-order valence-electron chi connectivity index (χ0n) is 10.3. The van der Waals surface area contributed by atoms with Crippen LogP contribution < -0.4 is 5.32 Å². The van der Waals surface area contributed by atoms with Crippen LogP contribution in [0, 0.1) is 11.6 Å². The standard InChI is InChI=1S/C13H19F2NS/c1-3-16-12(9-17-4-2)8-10-7-11(14)5-6-13(10)15/h5-7,12,16H,3-4,8-9H2,1-2H3. The first-order valence-corrected chi connectivity index (χ1v) is 7.07. The van der Waals surface area contributed by atoms with E-state index in [0.29, 0.717) is 12.0 Å². The summed E-state index contributed by atoms with van der Waals surface area (Å²) in [6.07, 6.45) is 0.532. The summed E-state index contributed by atoms with van der Waals surface area (Å²) in [6.45, 7) is 4.95. The summed E-state index contributed by atoms with van der Waals surface area (Å²) in [5.74, 6) is 1.25. The number of thioether (sulfide) groups is 1. The smallest absolute Gasteiger partial charge is 0.126 e. The number of benzene rings is 1. The van der Waals surface area contributed by atoms with Gasteiger partial charge in [-0.05, 0) is 42.5 Å². The highest BCUT2D eigenvalue weighted by Gasteiger charge is 2.12. The minimum atomic E-state index is -0.375. The van der Waals surface area contributed by atoms with E-state index in [1.807, 2.05) is 6.92 Å². The van der Waals surface area contributed by atoms with E-state index < -0.39 is 0 Å². The maximum atomic E-state index is 13.5. The van der Waals surface area contributed by atoms with Crippen molar-refractivity contribution in [3.8, 4) is 0 Å². The molecule has 0 spiro atoms. The molecule has 1 nitrogen and oxygen atoms in total. The van der Waals surface area contributed by atoms with E-state index in [4.69, 9.17) is 0 Å². The molecule has 1 atom stereocenters. The molecule has 0 radical (unpaired) electrons. The Morgan fingerprint density at radius 2 is 2.06 bits per heavy atom. The highest BCUT2D eigenvalue weighted by Crippen LogP contribution is 2.14. The van der Waals surface area contributed by atoms with Gasteiger partial charge in [0, 0.05) is 11.8 Å². The summed E-state index contributed by atoms with van der Waals surface area (Å²) < 4.78 is 26.5. The van der Waals surface area contributed by atoms with E-state index in [1.54, 1.807) is 11.8 Å². The van der Waals surface area contributed by atoms with Gasteiger partial charge in [0.25, 0.3) is 0 Å². The van der Waals surface area contributed by atoms with Crippen molar-refractivity contribution in [1.29, 1.82) is 0 Å². The zero-order valence-corrected chi connectivity index (χ0v) is 11.1. The van der Waals surface area contributed by atoms with E-state index in [2.05, 4.69) is 12.2 Å². The van der Waals surface area contributed by atoms with Crippen LogP contribution in [0.25, 0.3) is 0 Å². The van der Waals surface area contributed by atoms with Gasteiger partial charge in [0.15, 0.2) is 0 Å². The monoisotopic (exact) mass is 259 g/mol. The maximum Gasteiger partial charge on any atom is 0.126 e. The molecule has 1 aromatic carbocycles. The van der Waals surface area contributed by atoms with Gasteiger partial charge in [-0.25, -0.2) is 8.78 Å². The van der Waals surface area contributed by atoms with Crippen molar-refractivity contribution in [2.45, 2.75) is 26.3 Å². The molecule has 1 N–H and O–H groups in total. The highest BCUT2D eigenvalue weighted by molar-refractivity contribution is 7.99. The van der Waals surface area contributed by atoms with Crippen molar-refractivity contribution < 1.29 is 8.78 Å². The Labute approximate surface area is 106 Å². The molecule has 0 aromatic heterocycles. The van der Waals surface area contributed by atoms with Gasteiger partial charge in [0.1, 0.15) is 11.6 Å². The van der Waals surface area contributed by atoms with Crippen LogP contribution in [0.5, 0.6) is 0 Å². The predicted molar refractivity (Wildman–Crippen MR) is 70.5 cm³/mol. The molecule has 0 amide bonds. The van der Waals surface area contributed by atoms with Gasteiger partial charge in [-0.15, -0.1) is 0 Å². The van der Waals surface area contributed by atoms with E-state index in [-0.39, 0.29) is 17.7 Å². The molecule has 0 bridgehead atoms. The van der Waals surface area contributed by atoms with Crippen LogP contribution >= 0.6 is 11.8 Å². The lowest BCUT2D eigenvalue weighted by Gasteiger charge is -2.17. The number of hydrogen-bond acceptors (Lipinski definition) is 2. The summed E-state index contributed by atoms with van der Waals surface area (Å²) >= 11 is 1.81. The summed E-state index contributed by atoms with van der Waals surface area (Å²) in [5.41, 5.74) is 0.452. The van der Waals surface area contributed by atoms with Gasteiger partial charge in [-0.1, -0.05) is 13.8 Å². The molecule has 0 aliphatic rings. The third kappa shape index (κ3) is 5.04. The average Bonchev–Trinajstić information content (AvgIpc) is 2.31. The summed E-state index contributed by atoms with van der Waals surface area (Å²) in [7, 11) is 0. The van der Waals surface area contributed by atoms with Crippen LogP contribution in [0.1, 0.15) is 19.4 Å². The molecule has 96 valence electrons. The van der Waals surface area contributed by atoms with Crippen LogP contribution in [0.4, 0.5) is 8.78 Å². The molecule has 0 aliphatic heterocycles. The van der Waals surface area contributed by atoms with Crippen molar-refractivity contribution in [1.82, 2.24) is 5.32 Å². The molecule has 1 unspecified atom stereocenters. The van der Waals surface area contributed by atoms with E-state index in [1.165, 1.54) is 12.1 Å². The molecule has 1 aromatic rings. The minimum absolute atomic E-state index is 0.196. The topological polar surface area (TPSA) is 12.0 Å². The van der Waals surface area contributed by atoms with Gasteiger partial charge in [0.05, 0.1) is 0 Å². The van der Waals surface area contributed by atoms with E-state index >= 15 is 0 Å². The number of rotatable bonds is 7. The van der Waals surface area contributed by atoms with Gasteiger partial charge in [-0.2, -0.15) is 11.8 Å². The van der Waals surface area contributed by atoms with Crippen molar-refractivity contribution in [3.05, 3.63) is 35.4 Å². The zero-order chi connectivity index (χ0) is 12.7. The number of hydrogen-bond donors (Lipinski definition) is 1. The minimum Gasteiger partial charge on any atom is -0.313 e. The summed E-state index contributed by atoms with van der Waals surface area (Å²) in [5, 5.41) is 3.30. The first kappa shape index (κ1) is 14.5. The Hall–Kier alpha value is -0.610. The Morgan fingerprint density at radius 1 is 1.29 bits per heavy atom. The maximum absolute atomic E-state index is 13.5. The SMILES string of the molecule is CCNC(CSCC)Cc1cc(F)ccc1F. The molecule has 4 heteroatoms. The first-order chi connectivity index (χ1) is 8.17. The second-order valence-electron chi connectivity index (χ2n) is 3.85. The first-order valence-electron chi connectivity index (χ1n) is 5.92. The number of likely N-dealkylation sites (N-methyl/N-ethyl adjacent to an activating group) is 1. The Balaban J connectivity index is 2.67. The fourth-order valence-corrected chi connectivity index (χ4v) is 2.46. The van der Waals surface area contributed by atoms with Gasteiger partial charge in [-0.3, -0.25) is 0 Å². The molecule has 0 aliphatic carbocycles. The molecular formula is C13H19F2NS. The van der Waals surface area contributed by atoms with E-state index in [9.17, 15) is 8.78 Å². The molecule has 0 saturated heterocycles. The van der Waals surface area contributed by atoms with Gasteiger partial charge >= 0.3 is 0 Å². The summed E-state index contributed by atoms with van der Waals surface area (Å²) in [4.78, 5) is 0. The van der Waals surface area contributed by atoms with Gasteiger partial charge in [0.2, 0.25) is 0 Å². The largest absolute Gasteiger partial charge is 0.313 e.